The molecule has 0 spiro atoms. The Labute approximate surface area is 437 Å². The van der Waals surface area contributed by atoms with Crippen LogP contribution >= 0.6 is 0 Å². The smallest absolute Gasteiger partial charge is 2.00 e. The van der Waals surface area contributed by atoms with Gasteiger partial charge in [0.05, 0.1) is 0 Å². The first-order valence-corrected chi connectivity index (χ1v) is 0. The maximum atomic E-state index is 0. The fraction of sp³-hybridized carbons (Fsp3) is 0. The van der Waals surface area contributed by atoms with Crippen LogP contribution in [-0.2, 0) is 441 Å². The SMILES string of the molecule is [O-2].[O-2].[O-2].[O-2].[O-2].[O-2].[O-2].[O-2].[O-2].[O-2].[O-2].[O-2].[O-2].[O-2].[O-2].[O-2].[O-2].[O-2].[O-2].[O-2].[O-2].[O-2].[O-2].[O-2].[O-2].[O-2].[O-2].[O-2].[O-2].[O-2].[O-2].[O-2].[O-2].[O-2].[O-2].[O-2].[O-2].[O-2].[O-2].[O-2].[O-2].[O-2].[O-2].[O-2].[O-2].[Zn+2].[Zn+2].[Zn+2].[Zn+2].[Zn+2].[Zn+2].[Zn+2].[Zn+2].[Zn+2].[Zn+2]. The Kier molecular flexibility index (Phi) is 1840000. The quantitative estimate of drug-likeness (QED) is 0.205. The van der Waals surface area contributed by atoms with Crippen LogP contribution in [0.25, 0.3) is 0 Å². The average Bonchev–Trinajstić information content (AvgIpc) is 0. The van der Waals surface area contributed by atoms with E-state index in [1.165, 1.54) is 0 Å². The van der Waals surface area contributed by atoms with Crippen molar-refractivity contribution in [1.29, 1.82) is 0 Å². The van der Waals surface area contributed by atoms with Gasteiger partial charge in [0.25, 0.3) is 0 Å². The largest absolute Gasteiger partial charge is 2.00 e. The van der Waals surface area contributed by atoms with E-state index in [9.17, 15) is 0 Å². The fourth-order valence-electron chi connectivity index (χ4n) is 0. The molecule has 0 aromatic heterocycles. The van der Waals surface area contributed by atoms with Crippen molar-refractivity contribution in [3.8, 4) is 0 Å². The molecule has 0 saturated carbocycles. The van der Waals surface area contributed by atoms with Crippen LogP contribution in [0.2, 0.25) is 0 Å². The molecule has 0 N–H and O–H groups in total. The maximum Gasteiger partial charge on any atom is 2.00 e. The third kappa shape index (κ3) is 9470. The average molecular weight is 1370 g/mol. The van der Waals surface area contributed by atoms with Crippen molar-refractivity contribution in [1.82, 2.24) is 0 Å². The van der Waals surface area contributed by atoms with Crippen molar-refractivity contribution in [2.45, 2.75) is 0 Å². The van der Waals surface area contributed by atoms with Gasteiger partial charge in [-0.05, 0) is 0 Å². The molecule has 0 aliphatic rings. The third-order valence-electron chi connectivity index (χ3n) is 0. The van der Waals surface area contributed by atoms with Gasteiger partial charge >= 0.3 is 195 Å². The van der Waals surface area contributed by atoms with Crippen LogP contribution in [0.5, 0.6) is 0 Å². The molecule has 0 heterocycles. The van der Waals surface area contributed by atoms with Crippen LogP contribution in [0.1, 0.15) is 0 Å². The van der Waals surface area contributed by atoms with E-state index in [-0.39, 0.29) is 441 Å². The van der Waals surface area contributed by atoms with Crippen LogP contribution in [-0.4, -0.2) is 0 Å². The Balaban J connectivity index is 0. The maximum absolute atomic E-state index is 0. The summed E-state index contributed by atoms with van der Waals surface area (Å²) in [5.41, 5.74) is 0. The third-order valence-corrected chi connectivity index (χ3v) is 0. The first-order chi connectivity index (χ1) is 0. The van der Waals surface area contributed by atoms with Crippen molar-refractivity contribution >= 4 is 0 Å². The van der Waals surface area contributed by atoms with E-state index >= 15 is 0 Å². The molecule has 0 aliphatic carbocycles. The van der Waals surface area contributed by atoms with Crippen molar-refractivity contribution in [3.05, 3.63) is 0 Å². The summed E-state index contributed by atoms with van der Waals surface area (Å²) in [5.74, 6) is 0. The molecule has 0 saturated heterocycles. The second-order valence-electron chi connectivity index (χ2n) is 0. The van der Waals surface area contributed by atoms with Gasteiger partial charge in [0, 0.05) is 0 Å². The van der Waals surface area contributed by atoms with Crippen molar-refractivity contribution in [2.75, 3.05) is 0 Å². The van der Waals surface area contributed by atoms with E-state index in [0.29, 0.717) is 0 Å². The predicted molar refractivity (Wildman–Crippen MR) is 30.9 cm³/mol. The normalized spacial score (nSPS) is 0. The number of hydrogen-bond donors (Lipinski definition) is 0. The Bertz CT molecular complexity index is 37.6. The van der Waals surface area contributed by atoms with Gasteiger partial charge < -0.3 is 246 Å². The van der Waals surface area contributed by atoms with Crippen LogP contribution in [0.15, 0.2) is 0 Å². The minimum absolute atomic E-state index is 0. The Morgan fingerprint density at radius 1 is 0.0364 bits per heavy atom. The standard InChI is InChI=1S/45O.10Zn/q45*-2;10*+2. The molecule has 0 aromatic carbocycles. The van der Waals surface area contributed by atoms with Crippen molar-refractivity contribution in [2.24, 2.45) is 0 Å². The van der Waals surface area contributed by atoms with Gasteiger partial charge in [-0.15, -0.1) is 0 Å². The fourth-order valence-corrected chi connectivity index (χ4v) is 0. The summed E-state index contributed by atoms with van der Waals surface area (Å²) in [5, 5.41) is 0. The van der Waals surface area contributed by atoms with Crippen molar-refractivity contribution in [3.63, 3.8) is 0 Å². The molecule has 0 fully saturated rings. The molecular formula is O45Zn10-70. The zero-order valence-corrected chi connectivity index (χ0v) is 55.1. The van der Waals surface area contributed by atoms with Gasteiger partial charge in [-0.3, -0.25) is 0 Å². The summed E-state index contributed by atoms with van der Waals surface area (Å²) in [6, 6.07) is 0. The molecule has 0 atom stereocenters. The van der Waals surface area contributed by atoms with Gasteiger partial charge in [-0.1, -0.05) is 0 Å². The van der Waals surface area contributed by atoms with Gasteiger partial charge in [0.15, 0.2) is 0 Å². The van der Waals surface area contributed by atoms with Crippen LogP contribution in [0, 0.1) is 0 Å². The summed E-state index contributed by atoms with van der Waals surface area (Å²) in [4.78, 5) is 0. The van der Waals surface area contributed by atoms with Crippen LogP contribution in [0.3, 0.4) is 0 Å². The zero-order valence-electron chi connectivity index (χ0n) is 25.4. The molecule has 360 valence electrons. The van der Waals surface area contributed by atoms with E-state index in [1.54, 1.807) is 0 Å². The van der Waals surface area contributed by atoms with E-state index in [0.717, 1.165) is 0 Å². The molecule has 0 aromatic rings. The zero-order chi connectivity index (χ0) is 0. The minimum Gasteiger partial charge on any atom is -2.00 e. The Morgan fingerprint density at radius 2 is 0.0364 bits per heavy atom. The second-order valence-corrected chi connectivity index (χ2v) is 0. The minimum atomic E-state index is 0. The van der Waals surface area contributed by atoms with Gasteiger partial charge in [-0.2, -0.15) is 0 Å². The molecule has 55 heteroatoms. The van der Waals surface area contributed by atoms with Gasteiger partial charge in [0.1, 0.15) is 0 Å². The summed E-state index contributed by atoms with van der Waals surface area (Å²) >= 11 is 0. The molecule has 0 aliphatic heterocycles. The summed E-state index contributed by atoms with van der Waals surface area (Å²) < 4.78 is 0. The van der Waals surface area contributed by atoms with Crippen LogP contribution < -0.4 is 0 Å². The van der Waals surface area contributed by atoms with E-state index in [1.807, 2.05) is 0 Å². The summed E-state index contributed by atoms with van der Waals surface area (Å²) in [6.07, 6.45) is 0. The summed E-state index contributed by atoms with van der Waals surface area (Å²) in [7, 11) is 0. The second kappa shape index (κ2) is 9810. The first-order valence-electron chi connectivity index (χ1n) is 0. The monoisotopic (exact) mass is 1360 g/mol. The summed E-state index contributed by atoms with van der Waals surface area (Å²) in [6.45, 7) is 0. The molecule has 0 radical (unpaired) electrons. The molecule has 0 rings (SSSR count). The van der Waals surface area contributed by atoms with Gasteiger partial charge in [0.2, 0.25) is 0 Å². The van der Waals surface area contributed by atoms with Crippen molar-refractivity contribution < 1.29 is 441 Å². The Morgan fingerprint density at radius 3 is 0.0364 bits per heavy atom. The van der Waals surface area contributed by atoms with E-state index < -0.39 is 0 Å². The first kappa shape index (κ1) is 10300. The van der Waals surface area contributed by atoms with Crippen LogP contribution in [0.4, 0.5) is 0 Å². The van der Waals surface area contributed by atoms with E-state index in [4.69, 9.17) is 0 Å². The Hall–Kier alpha value is 4.43. The number of rotatable bonds is 0. The molecule has 55 heavy (non-hydrogen) atoms. The number of hydrogen-bond acceptors (Lipinski definition) is 0. The molecular weight excluding hydrogens is 1370 g/mol. The topological polar surface area (TPSA) is 1280 Å². The molecule has 0 unspecified atom stereocenters. The predicted octanol–water partition coefficient (Wildman–Crippen LogP) is -5.37. The van der Waals surface area contributed by atoms with E-state index in [2.05, 4.69) is 0 Å². The molecule has 0 amide bonds. The molecule has 0 bridgehead atoms. The molecule has 45 nitrogen and oxygen atoms in total. The van der Waals surface area contributed by atoms with Gasteiger partial charge in [-0.25, -0.2) is 0 Å².